The summed E-state index contributed by atoms with van der Waals surface area (Å²) in [6, 6.07) is 7.73. The number of rotatable bonds is 2. The van der Waals surface area contributed by atoms with E-state index in [9.17, 15) is 0 Å². The highest BCUT2D eigenvalue weighted by atomic mass is 79.9. The predicted molar refractivity (Wildman–Crippen MR) is 70.2 cm³/mol. The molecule has 0 unspecified atom stereocenters. The van der Waals surface area contributed by atoms with Gasteiger partial charge in [0.2, 0.25) is 0 Å². The highest BCUT2D eigenvalue weighted by Gasteiger charge is 2.13. The van der Waals surface area contributed by atoms with E-state index in [1.54, 1.807) is 0 Å². The van der Waals surface area contributed by atoms with Crippen molar-refractivity contribution in [2.45, 2.75) is 11.8 Å². The van der Waals surface area contributed by atoms with Gasteiger partial charge in [-0.2, -0.15) is 0 Å². The van der Waals surface area contributed by atoms with E-state index in [0.717, 1.165) is 34.9 Å². The molecule has 1 aliphatic rings. The van der Waals surface area contributed by atoms with Crippen LogP contribution < -0.4 is 9.47 Å². The molecular weight excluding hydrogens is 298 g/mol. The summed E-state index contributed by atoms with van der Waals surface area (Å²) >= 11 is 3.34. The zero-order valence-corrected chi connectivity index (χ0v) is 11.3. The quantitative estimate of drug-likeness (QED) is 0.798. The molecule has 5 heteroatoms. The Balaban J connectivity index is 1.95. The maximum atomic E-state index is 5.65. The Labute approximate surface area is 113 Å². The fourth-order valence-corrected chi connectivity index (χ4v) is 2.10. The Kier molecular flexibility index (Phi) is 3.23. The fourth-order valence-electron chi connectivity index (χ4n) is 1.83. The second-order valence-corrected chi connectivity index (χ2v) is 4.58. The first kappa shape index (κ1) is 11.6. The summed E-state index contributed by atoms with van der Waals surface area (Å²) in [5.41, 5.74) is 1.77. The molecule has 0 aliphatic carbocycles. The molecule has 1 aliphatic heterocycles. The summed E-state index contributed by atoms with van der Waals surface area (Å²) in [6.45, 7) is 1.38. The molecule has 1 aromatic carbocycles. The lowest BCUT2D eigenvalue weighted by Gasteiger charge is -2.07. The van der Waals surface area contributed by atoms with E-state index in [1.807, 2.05) is 24.3 Å². The van der Waals surface area contributed by atoms with Gasteiger partial charge in [-0.3, -0.25) is 0 Å². The molecule has 0 bridgehead atoms. The fraction of sp³-hybridized carbons (Fsp3) is 0.308. The van der Waals surface area contributed by atoms with Crippen molar-refractivity contribution in [3.05, 3.63) is 30.0 Å². The zero-order chi connectivity index (χ0) is 12.4. The average Bonchev–Trinajstić information content (AvgIpc) is 2.76. The van der Waals surface area contributed by atoms with Gasteiger partial charge in [0.25, 0.3) is 0 Å². The van der Waals surface area contributed by atoms with Gasteiger partial charge >= 0.3 is 0 Å². The molecule has 1 aromatic heterocycles. The van der Waals surface area contributed by atoms with Gasteiger partial charge in [-0.1, -0.05) is 21.1 Å². The van der Waals surface area contributed by atoms with E-state index in [-0.39, 0.29) is 0 Å². The summed E-state index contributed by atoms with van der Waals surface area (Å²) in [4.78, 5) is 0. The van der Waals surface area contributed by atoms with E-state index >= 15 is 0 Å². The lowest BCUT2D eigenvalue weighted by molar-refractivity contribution is 0.297. The Hall–Kier alpha value is -1.49. The van der Waals surface area contributed by atoms with Gasteiger partial charge < -0.3 is 14.0 Å². The molecule has 2 aromatic rings. The van der Waals surface area contributed by atoms with Crippen molar-refractivity contribution in [3.63, 3.8) is 0 Å². The Bertz CT molecular complexity index is 553. The number of ether oxygens (including phenoxy) is 2. The lowest BCUT2D eigenvalue weighted by atomic mass is 10.1. The van der Waals surface area contributed by atoms with Crippen LogP contribution in [0.25, 0.3) is 11.3 Å². The van der Waals surface area contributed by atoms with Gasteiger partial charge in [0.05, 0.1) is 18.5 Å². The molecular formula is C13H12BrNO3. The third kappa shape index (κ3) is 2.22. The van der Waals surface area contributed by atoms with Crippen LogP contribution in [-0.4, -0.2) is 18.4 Å². The molecule has 0 spiro atoms. The molecule has 94 valence electrons. The van der Waals surface area contributed by atoms with E-state index in [0.29, 0.717) is 18.5 Å². The van der Waals surface area contributed by atoms with Crippen molar-refractivity contribution in [2.75, 3.05) is 13.2 Å². The van der Waals surface area contributed by atoms with Crippen LogP contribution in [0, 0.1) is 0 Å². The van der Waals surface area contributed by atoms with Crippen LogP contribution in [0.3, 0.4) is 0 Å². The molecule has 0 radical (unpaired) electrons. The molecule has 4 nitrogen and oxygen atoms in total. The molecule has 0 atom stereocenters. The average molecular weight is 310 g/mol. The Morgan fingerprint density at radius 2 is 1.94 bits per heavy atom. The van der Waals surface area contributed by atoms with Crippen molar-refractivity contribution in [3.8, 4) is 22.8 Å². The van der Waals surface area contributed by atoms with E-state index in [4.69, 9.17) is 14.0 Å². The summed E-state index contributed by atoms with van der Waals surface area (Å²) in [7, 11) is 0. The summed E-state index contributed by atoms with van der Waals surface area (Å²) in [6.07, 6.45) is 0.904. The van der Waals surface area contributed by atoms with Crippen molar-refractivity contribution >= 4 is 15.9 Å². The number of benzene rings is 1. The second kappa shape index (κ2) is 5.02. The number of aromatic nitrogens is 1. The molecule has 0 fully saturated rings. The molecule has 18 heavy (non-hydrogen) atoms. The summed E-state index contributed by atoms with van der Waals surface area (Å²) in [5, 5.41) is 4.69. The SMILES string of the molecule is BrCc1cc(-c2ccc3c(c2)OCCCO3)no1. The minimum Gasteiger partial charge on any atom is -0.490 e. The first-order chi connectivity index (χ1) is 8.86. The summed E-state index contributed by atoms with van der Waals surface area (Å²) < 4.78 is 16.4. The topological polar surface area (TPSA) is 44.5 Å². The van der Waals surface area contributed by atoms with Crippen molar-refractivity contribution in [1.29, 1.82) is 0 Å². The van der Waals surface area contributed by atoms with Gasteiger partial charge in [-0.15, -0.1) is 0 Å². The third-order valence-corrected chi connectivity index (χ3v) is 3.29. The number of alkyl halides is 1. The standard InChI is InChI=1S/C13H12BrNO3/c14-8-10-7-11(15-18-10)9-2-3-12-13(6-9)17-5-1-4-16-12/h2-3,6-7H,1,4-5,8H2. The van der Waals surface area contributed by atoms with E-state index in [1.165, 1.54) is 0 Å². The minimum atomic E-state index is 0.657. The van der Waals surface area contributed by atoms with Crippen LogP contribution >= 0.6 is 15.9 Å². The molecule has 0 saturated heterocycles. The molecule has 2 heterocycles. The van der Waals surface area contributed by atoms with Gasteiger partial charge in [0.1, 0.15) is 11.5 Å². The van der Waals surface area contributed by atoms with Crippen molar-refractivity contribution < 1.29 is 14.0 Å². The van der Waals surface area contributed by atoms with Gasteiger partial charge in [0.15, 0.2) is 11.5 Å². The molecule has 0 amide bonds. The van der Waals surface area contributed by atoms with Crippen molar-refractivity contribution in [1.82, 2.24) is 5.16 Å². The van der Waals surface area contributed by atoms with Gasteiger partial charge in [0, 0.05) is 18.1 Å². The smallest absolute Gasteiger partial charge is 0.161 e. The van der Waals surface area contributed by atoms with Crippen LogP contribution in [0.15, 0.2) is 28.8 Å². The van der Waals surface area contributed by atoms with Gasteiger partial charge in [-0.05, 0) is 18.2 Å². The Morgan fingerprint density at radius 3 is 2.72 bits per heavy atom. The largest absolute Gasteiger partial charge is 0.490 e. The first-order valence-electron chi connectivity index (χ1n) is 5.78. The maximum Gasteiger partial charge on any atom is 0.161 e. The lowest BCUT2D eigenvalue weighted by Crippen LogP contribution is -1.97. The van der Waals surface area contributed by atoms with Crippen LogP contribution in [0.4, 0.5) is 0 Å². The van der Waals surface area contributed by atoms with Crippen LogP contribution in [0.1, 0.15) is 12.2 Å². The molecule has 0 saturated carbocycles. The zero-order valence-electron chi connectivity index (χ0n) is 9.69. The number of halogens is 1. The van der Waals surface area contributed by atoms with Crippen molar-refractivity contribution in [2.24, 2.45) is 0 Å². The second-order valence-electron chi connectivity index (χ2n) is 4.02. The number of fused-ring (bicyclic) bond motifs is 1. The molecule has 0 N–H and O–H groups in total. The van der Waals surface area contributed by atoms with E-state index < -0.39 is 0 Å². The first-order valence-corrected chi connectivity index (χ1v) is 6.90. The molecule has 3 rings (SSSR count). The predicted octanol–water partition coefficient (Wildman–Crippen LogP) is 3.40. The minimum absolute atomic E-state index is 0.657. The maximum absolute atomic E-state index is 5.65. The monoisotopic (exact) mass is 309 g/mol. The van der Waals surface area contributed by atoms with Gasteiger partial charge in [-0.25, -0.2) is 0 Å². The Morgan fingerprint density at radius 1 is 1.11 bits per heavy atom. The van der Waals surface area contributed by atoms with Crippen LogP contribution in [-0.2, 0) is 5.33 Å². The van der Waals surface area contributed by atoms with Crippen LogP contribution in [0.2, 0.25) is 0 Å². The summed E-state index contributed by atoms with van der Waals surface area (Å²) in [5.74, 6) is 2.37. The normalized spacial score (nSPS) is 14.3. The number of hydrogen-bond acceptors (Lipinski definition) is 4. The third-order valence-electron chi connectivity index (χ3n) is 2.73. The van der Waals surface area contributed by atoms with E-state index in [2.05, 4.69) is 21.1 Å². The number of hydrogen-bond donors (Lipinski definition) is 0. The van der Waals surface area contributed by atoms with Crippen LogP contribution in [0.5, 0.6) is 11.5 Å². The highest BCUT2D eigenvalue weighted by molar-refractivity contribution is 9.08. The number of nitrogens with zero attached hydrogens (tertiary/aromatic N) is 1. The highest BCUT2D eigenvalue weighted by Crippen LogP contribution is 2.34.